The molecular formula is C28H24BrClN4OS. The Morgan fingerprint density at radius 2 is 1.81 bits per heavy atom. The van der Waals surface area contributed by atoms with Gasteiger partial charge in [0.2, 0.25) is 4.80 Å². The number of benzene rings is 3. The first kappa shape index (κ1) is 24.7. The first-order valence-corrected chi connectivity index (χ1v) is 13.7. The summed E-state index contributed by atoms with van der Waals surface area (Å²) in [6.07, 6.45) is 0.912. The number of rotatable bonds is 6. The molecule has 0 spiro atoms. The van der Waals surface area contributed by atoms with Crippen LogP contribution in [0, 0.1) is 5.92 Å². The van der Waals surface area contributed by atoms with Crippen LogP contribution >= 0.6 is 38.9 Å². The monoisotopic (exact) mass is 578 g/mol. The summed E-state index contributed by atoms with van der Waals surface area (Å²) in [5.41, 5.74) is 4.57. The Morgan fingerprint density at radius 3 is 2.58 bits per heavy atom. The van der Waals surface area contributed by atoms with Gasteiger partial charge < -0.3 is 4.90 Å². The van der Waals surface area contributed by atoms with Gasteiger partial charge in [0, 0.05) is 27.5 Å². The van der Waals surface area contributed by atoms with Crippen LogP contribution in [-0.4, -0.2) is 22.8 Å². The van der Waals surface area contributed by atoms with Crippen molar-refractivity contribution >= 4 is 61.9 Å². The summed E-state index contributed by atoms with van der Waals surface area (Å²) in [4.78, 5) is 20.9. The predicted molar refractivity (Wildman–Crippen MR) is 152 cm³/mol. The van der Waals surface area contributed by atoms with Gasteiger partial charge in [0.1, 0.15) is 0 Å². The summed E-state index contributed by atoms with van der Waals surface area (Å²) >= 11 is 11.4. The molecule has 2 heterocycles. The number of aromatic nitrogens is 1. The van der Waals surface area contributed by atoms with Crippen LogP contribution in [0.15, 0.2) is 92.7 Å². The molecule has 0 fully saturated rings. The largest absolute Gasteiger partial charge is 0.306 e. The standard InChI is InChI=1S/C28H24BrClN4OS/c1-18(2)14-15-33-24-13-6-3-10-21(24)26(27(33)35)32-34-25(19-8-7-9-20(29)16-19)17-36-28(34)31-23-12-5-4-11-22(23)30/h3-13,16-18H,14-15H2,1-2H3/b31-28?,32-26-. The highest BCUT2D eigenvalue weighted by Crippen LogP contribution is 2.31. The zero-order chi connectivity index (χ0) is 25.2. The number of thiazole rings is 1. The van der Waals surface area contributed by atoms with E-state index in [1.165, 1.54) is 11.3 Å². The average molecular weight is 580 g/mol. The molecule has 1 aromatic heterocycles. The summed E-state index contributed by atoms with van der Waals surface area (Å²) in [6, 6.07) is 23.3. The van der Waals surface area contributed by atoms with E-state index in [0.29, 0.717) is 33.7 Å². The number of para-hydroxylation sites is 2. The van der Waals surface area contributed by atoms with Crippen molar-refractivity contribution in [3.8, 4) is 11.3 Å². The first-order valence-electron chi connectivity index (χ1n) is 11.7. The predicted octanol–water partition coefficient (Wildman–Crippen LogP) is 7.51. The molecule has 0 radical (unpaired) electrons. The van der Waals surface area contributed by atoms with Crippen LogP contribution in [0.2, 0.25) is 5.02 Å². The SMILES string of the molecule is CC(C)CCN1C(=O)/C(=N\n2c(-c3cccc(Br)c3)csc2=Nc2ccccc2Cl)c2ccccc21. The molecule has 5 rings (SSSR count). The van der Waals surface area contributed by atoms with E-state index in [0.717, 1.165) is 33.4 Å². The molecular weight excluding hydrogens is 556 g/mol. The lowest BCUT2D eigenvalue weighted by Gasteiger charge is -2.17. The van der Waals surface area contributed by atoms with Crippen LogP contribution in [0.25, 0.3) is 11.3 Å². The number of anilines is 1. The van der Waals surface area contributed by atoms with Gasteiger partial charge in [-0.1, -0.05) is 83.8 Å². The average Bonchev–Trinajstić information content (AvgIpc) is 3.38. The van der Waals surface area contributed by atoms with Crippen LogP contribution in [0.4, 0.5) is 11.4 Å². The fraction of sp³-hybridized carbons (Fsp3) is 0.179. The molecule has 8 heteroatoms. The summed E-state index contributed by atoms with van der Waals surface area (Å²) < 4.78 is 2.71. The number of fused-ring (bicyclic) bond motifs is 1. The third-order valence-electron chi connectivity index (χ3n) is 5.90. The lowest BCUT2D eigenvalue weighted by molar-refractivity contribution is -0.112. The van der Waals surface area contributed by atoms with Gasteiger partial charge in [-0.15, -0.1) is 11.3 Å². The first-order chi connectivity index (χ1) is 17.4. The van der Waals surface area contributed by atoms with Crippen molar-refractivity contribution in [3.63, 3.8) is 0 Å². The molecule has 1 aliphatic rings. The van der Waals surface area contributed by atoms with Crippen LogP contribution in [0.5, 0.6) is 0 Å². The smallest absolute Gasteiger partial charge is 0.279 e. The fourth-order valence-corrected chi connectivity index (χ4v) is 5.45. The summed E-state index contributed by atoms with van der Waals surface area (Å²) in [7, 11) is 0. The highest BCUT2D eigenvalue weighted by molar-refractivity contribution is 9.10. The van der Waals surface area contributed by atoms with E-state index in [-0.39, 0.29) is 5.91 Å². The molecule has 0 N–H and O–H groups in total. The van der Waals surface area contributed by atoms with Crippen molar-refractivity contribution in [2.75, 3.05) is 11.4 Å². The van der Waals surface area contributed by atoms with Gasteiger partial charge in [-0.3, -0.25) is 4.79 Å². The summed E-state index contributed by atoms with van der Waals surface area (Å²) in [5, 5.41) is 7.51. The quantitative estimate of drug-likeness (QED) is 0.233. The second-order valence-electron chi connectivity index (χ2n) is 8.89. The van der Waals surface area contributed by atoms with Crippen LogP contribution in [-0.2, 0) is 4.79 Å². The Kier molecular flexibility index (Phi) is 7.23. The van der Waals surface area contributed by atoms with E-state index < -0.39 is 0 Å². The van der Waals surface area contributed by atoms with Crippen LogP contribution in [0.3, 0.4) is 0 Å². The maximum absolute atomic E-state index is 13.7. The van der Waals surface area contributed by atoms with Crippen molar-refractivity contribution in [2.45, 2.75) is 20.3 Å². The van der Waals surface area contributed by atoms with E-state index in [9.17, 15) is 4.79 Å². The number of hydrogen-bond donors (Lipinski definition) is 0. The highest BCUT2D eigenvalue weighted by Gasteiger charge is 2.34. The van der Waals surface area contributed by atoms with Crippen molar-refractivity contribution in [2.24, 2.45) is 16.0 Å². The van der Waals surface area contributed by atoms with Crippen molar-refractivity contribution < 1.29 is 4.79 Å². The second kappa shape index (κ2) is 10.5. The molecule has 0 saturated heterocycles. The summed E-state index contributed by atoms with van der Waals surface area (Å²) in [6.45, 7) is 4.97. The van der Waals surface area contributed by atoms with Crippen molar-refractivity contribution in [1.82, 2.24) is 4.68 Å². The minimum Gasteiger partial charge on any atom is -0.306 e. The number of halogens is 2. The lowest BCUT2D eigenvalue weighted by atomic mass is 10.1. The van der Waals surface area contributed by atoms with E-state index in [1.807, 2.05) is 83.1 Å². The Balaban J connectivity index is 1.70. The third kappa shape index (κ3) is 4.96. The molecule has 1 aliphatic heterocycles. The van der Waals surface area contributed by atoms with Gasteiger partial charge in [0.15, 0.2) is 5.71 Å². The molecule has 1 amide bonds. The van der Waals surface area contributed by atoms with Gasteiger partial charge in [-0.25, -0.2) is 9.67 Å². The van der Waals surface area contributed by atoms with Gasteiger partial charge >= 0.3 is 0 Å². The minimum atomic E-state index is -0.0977. The van der Waals surface area contributed by atoms with Crippen LogP contribution < -0.4 is 9.70 Å². The lowest BCUT2D eigenvalue weighted by Crippen LogP contribution is -2.32. The third-order valence-corrected chi connectivity index (χ3v) is 7.53. The molecule has 36 heavy (non-hydrogen) atoms. The van der Waals surface area contributed by atoms with Gasteiger partial charge in [-0.05, 0) is 42.7 Å². The molecule has 3 aromatic carbocycles. The number of nitrogens with zero attached hydrogens (tertiary/aromatic N) is 4. The second-order valence-corrected chi connectivity index (χ2v) is 11.1. The molecule has 0 unspecified atom stereocenters. The van der Waals surface area contributed by atoms with E-state index in [1.54, 1.807) is 4.68 Å². The molecule has 4 aromatic rings. The summed E-state index contributed by atoms with van der Waals surface area (Å²) in [5.74, 6) is 0.390. The van der Waals surface area contributed by atoms with Gasteiger partial charge in [0.05, 0.1) is 22.1 Å². The highest BCUT2D eigenvalue weighted by atomic mass is 79.9. The topological polar surface area (TPSA) is 50.0 Å². The number of amides is 1. The zero-order valence-corrected chi connectivity index (χ0v) is 23.0. The fourth-order valence-electron chi connectivity index (χ4n) is 4.03. The number of hydrogen-bond acceptors (Lipinski definition) is 4. The van der Waals surface area contributed by atoms with Gasteiger partial charge in [0.25, 0.3) is 5.91 Å². The molecule has 0 aliphatic carbocycles. The normalized spacial score (nSPS) is 14.8. The van der Waals surface area contributed by atoms with Crippen molar-refractivity contribution in [1.29, 1.82) is 0 Å². The van der Waals surface area contributed by atoms with Crippen molar-refractivity contribution in [3.05, 3.63) is 98.0 Å². The maximum atomic E-state index is 13.7. The van der Waals surface area contributed by atoms with E-state index >= 15 is 0 Å². The Bertz CT molecular complexity index is 1540. The van der Waals surface area contributed by atoms with Gasteiger partial charge in [-0.2, -0.15) is 5.10 Å². The van der Waals surface area contributed by atoms with E-state index in [4.69, 9.17) is 21.7 Å². The molecule has 5 nitrogen and oxygen atoms in total. The zero-order valence-electron chi connectivity index (χ0n) is 19.9. The Hall–Kier alpha value is -3.00. The molecule has 182 valence electrons. The Morgan fingerprint density at radius 1 is 1.03 bits per heavy atom. The molecule has 0 bridgehead atoms. The minimum absolute atomic E-state index is 0.0977. The van der Waals surface area contributed by atoms with Crippen LogP contribution in [0.1, 0.15) is 25.8 Å². The maximum Gasteiger partial charge on any atom is 0.279 e. The number of carbonyl (C=O) groups excluding carboxylic acids is 1. The molecule has 0 saturated carbocycles. The Labute approximate surface area is 227 Å². The van der Waals surface area contributed by atoms with E-state index in [2.05, 4.69) is 29.8 Å². The number of carbonyl (C=O) groups is 1. The molecule has 0 atom stereocenters.